The SMILES string of the molecule is Cc1cc(NC2CCc3cc(Cl)ccc3C2)n2ncnc2n1. The number of aromatic nitrogens is 4. The fourth-order valence-electron chi connectivity index (χ4n) is 3.09. The van der Waals surface area contributed by atoms with Gasteiger partial charge in [0.2, 0.25) is 0 Å². The quantitative estimate of drug-likeness (QED) is 0.790. The van der Waals surface area contributed by atoms with Crippen molar-refractivity contribution in [2.24, 2.45) is 0 Å². The van der Waals surface area contributed by atoms with Crippen molar-refractivity contribution < 1.29 is 0 Å². The predicted molar refractivity (Wildman–Crippen MR) is 86.4 cm³/mol. The third-order valence-electron chi connectivity index (χ3n) is 4.13. The van der Waals surface area contributed by atoms with Gasteiger partial charge in [-0.05, 0) is 49.4 Å². The Kier molecular flexibility index (Phi) is 3.22. The molecule has 0 spiro atoms. The number of benzene rings is 1. The lowest BCUT2D eigenvalue weighted by Crippen LogP contribution is -2.28. The summed E-state index contributed by atoms with van der Waals surface area (Å²) in [6, 6.07) is 8.57. The summed E-state index contributed by atoms with van der Waals surface area (Å²) >= 11 is 6.07. The Morgan fingerprint density at radius 1 is 1.27 bits per heavy atom. The Hall–Kier alpha value is -2.14. The van der Waals surface area contributed by atoms with Crippen LogP contribution >= 0.6 is 11.6 Å². The molecule has 2 heterocycles. The molecule has 1 aliphatic carbocycles. The van der Waals surface area contributed by atoms with Gasteiger partial charge in [-0.2, -0.15) is 14.6 Å². The molecule has 4 rings (SSSR count). The fourth-order valence-corrected chi connectivity index (χ4v) is 3.28. The van der Waals surface area contributed by atoms with Crippen LogP contribution in [0.25, 0.3) is 5.78 Å². The summed E-state index contributed by atoms with van der Waals surface area (Å²) in [5.74, 6) is 1.58. The van der Waals surface area contributed by atoms with Crippen LogP contribution in [0.3, 0.4) is 0 Å². The summed E-state index contributed by atoms with van der Waals surface area (Å²) in [5.41, 5.74) is 3.67. The first-order valence-corrected chi connectivity index (χ1v) is 7.78. The van der Waals surface area contributed by atoms with Crippen molar-refractivity contribution in [3.8, 4) is 0 Å². The Bertz CT molecular complexity index is 842. The number of anilines is 1. The van der Waals surface area contributed by atoms with E-state index in [9.17, 15) is 0 Å². The topological polar surface area (TPSA) is 55.1 Å². The number of halogens is 1. The van der Waals surface area contributed by atoms with Crippen LogP contribution in [0.4, 0.5) is 5.82 Å². The molecule has 1 unspecified atom stereocenters. The highest BCUT2D eigenvalue weighted by atomic mass is 35.5. The maximum atomic E-state index is 6.07. The first-order valence-electron chi connectivity index (χ1n) is 7.40. The predicted octanol–water partition coefficient (Wildman–Crippen LogP) is 3.06. The maximum absolute atomic E-state index is 6.07. The van der Waals surface area contributed by atoms with E-state index in [0.717, 1.165) is 35.8 Å². The monoisotopic (exact) mass is 313 g/mol. The molecule has 0 aliphatic heterocycles. The molecule has 1 aromatic carbocycles. The van der Waals surface area contributed by atoms with E-state index in [1.165, 1.54) is 17.5 Å². The van der Waals surface area contributed by atoms with Gasteiger partial charge in [0.1, 0.15) is 12.1 Å². The van der Waals surface area contributed by atoms with E-state index >= 15 is 0 Å². The third-order valence-corrected chi connectivity index (χ3v) is 4.36. The minimum Gasteiger partial charge on any atom is -0.367 e. The summed E-state index contributed by atoms with van der Waals surface area (Å²) in [7, 11) is 0. The highest BCUT2D eigenvalue weighted by Crippen LogP contribution is 2.26. The maximum Gasteiger partial charge on any atom is 0.254 e. The van der Waals surface area contributed by atoms with Crippen molar-refractivity contribution >= 4 is 23.2 Å². The van der Waals surface area contributed by atoms with Gasteiger partial charge in [0.25, 0.3) is 5.78 Å². The second-order valence-corrected chi connectivity index (χ2v) is 6.19. The molecule has 3 aromatic rings. The number of rotatable bonds is 2. The summed E-state index contributed by atoms with van der Waals surface area (Å²) < 4.78 is 1.75. The first-order chi connectivity index (χ1) is 10.7. The Morgan fingerprint density at radius 3 is 3.09 bits per heavy atom. The number of nitrogens with one attached hydrogen (secondary N) is 1. The molecule has 22 heavy (non-hydrogen) atoms. The van der Waals surface area contributed by atoms with Gasteiger partial charge in [0, 0.05) is 22.8 Å². The molecular weight excluding hydrogens is 298 g/mol. The zero-order chi connectivity index (χ0) is 15.1. The Labute approximate surface area is 133 Å². The molecule has 112 valence electrons. The van der Waals surface area contributed by atoms with Crippen LogP contribution in [0.5, 0.6) is 0 Å². The van der Waals surface area contributed by atoms with Gasteiger partial charge in [0.15, 0.2) is 0 Å². The fraction of sp³-hybridized carbons (Fsp3) is 0.312. The molecule has 0 amide bonds. The van der Waals surface area contributed by atoms with Crippen LogP contribution in [0.15, 0.2) is 30.6 Å². The van der Waals surface area contributed by atoms with Crippen molar-refractivity contribution in [2.75, 3.05) is 5.32 Å². The van der Waals surface area contributed by atoms with Gasteiger partial charge < -0.3 is 5.32 Å². The summed E-state index contributed by atoms with van der Waals surface area (Å²) in [5, 5.41) is 8.66. The van der Waals surface area contributed by atoms with E-state index in [-0.39, 0.29) is 0 Å². The van der Waals surface area contributed by atoms with Crippen LogP contribution < -0.4 is 5.32 Å². The van der Waals surface area contributed by atoms with E-state index < -0.39 is 0 Å². The van der Waals surface area contributed by atoms with E-state index in [2.05, 4.69) is 32.5 Å². The molecule has 1 N–H and O–H groups in total. The number of nitrogens with zero attached hydrogens (tertiary/aromatic N) is 4. The Balaban J connectivity index is 1.61. The second-order valence-electron chi connectivity index (χ2n) is 5.75. The first kappa shape index (κ1) is 13.5. The standard InChI is InChI=1S/C16H16ClN5/c1-10-6-15(22-16(20-10)18-9-19-22)21-14-5-3-11-7-13(17)4-2-12(11)8-14/h2,4,6-7,9,14,21H,3,5,8H2,1H3. The third kappa shape index (κ3) is 2.41. The average molecular weight is 314 g/mol. The number of hydrogen-bond acceptors (Lipinski definition) is 4. The minimum atomic E-state index is 0.378. The van der Waals surface area contributed by atoms with Crippen molar-refractivity contribution in [1.82, 2.24) is 19.6 Å². The lowest BCUT2D eigenvalue weighted by molar-refractivity contribution is 0.606. The molecule has 0 saturated carbocycles. The van der Waals surface area contributed by atoms with Gasteiger partial charge in [-0.3, -0.25) is 0 Å². The molecule has 5 nitrogen and oxygen atoms in total. The zero-order valence-electron chi connectivity index (χ0n) is 12.3. The van der Waals surface area contributed by atoms with Crippen molar-refractivity contribution in [3.05, 3.63) is 52.4 Å². The number of fused-ring (bicyclic) bond motifs is 2. The molecule has 2 aromatic heterocycles. The summed E-state index contributed by atoms with van der Waals surface area (Å²) in [4.78, 5) is 8.53. The average Bonchev–Trinajstić information content (AvgIpc) is 2.95. The molecule has 1 aliphatic rings. The number of hydrogen-bond donors (Lipinski definition) is 1. The van der Waals surface area contributed by atoms with Crippen LogP contribution in [-0.2, 0) is 12.8 Å². The minimum absolute atomic E-state index is 0.378. The molecule has 1 atom stereocenters. The van der Waals surface area contributed by atoms with E-state index in [1.807, 2.05) is 19.1 Å². The molecule has 0 bridgehead atoms. The van der Waals surface area contributed by atoms with Crippen LogP contribution in [-0.4, -0.2) is 25.6 Å². The van der Waals surface area contributed by atoms with Gasteiger partial charge in [-0.1, -0.05) is 17.7 Å². The van der Waals surface area contributed by atoms with Crippen molar-refractivity contribution in [2.45, 2.75) is 32.2 Å². The van der Waals surface area contributed by atoms with Crippen LogP contribution in [0.1, 0.15) is 23.2 Å². The largest absolute Gasteiger partial charge is 0.367 e. The van der Waals surface area contributed by atoms with E-state index in [4.69, 9.17) is 11.6 Å². The molecule has 0 radical (unpaired) electrons. The lowest BCUT2D eigenvalue weighted by Gasteiger charge is -2.26. The number of aryl methyl sites for hydroxylation is 2. The smallest absolute Gasteiger partial charge is 0.254 e. The molecule has 6 heteroatoms. The lowest BCUT2D eigenvalue weighted by atomic mass is 9.88. The van der Waals surface area contributed by atoms with Crippen LogP contribution in [0, 0.1) is 6.92 Å². The van der Waals surface area contributed by atoms with Crippen LogP contribution in [0.2, 0.25) is 5.02 Å². The molecular formula is C16H16ClN5. The normalized spacial score (nSPS) is 17.5. The van der Waals surface area contributed by atoms with Crippen molar-refractivity contribution in [3.63, 3.8) is 0 Å². The van der Waals surface area contributed by atoms with Gasteiger partial charge in [0.05, 0.1) is 0 Å². The zero-order valence-corrected chi connectivity index (χ0v) is 13.0. The molecule has 0 saturated heterocycles. The van der Waals surface area contributed by atoms with E-state index in [0.29, 0.717) is 11.8 Å². The Morgan fingerprint density at radius 2 is 2.18 bits per heavy atom. The summed E-state index contributed by atoms with van der Waals surface area (Å²) in [6.07, 6.45) is 4.64. The van der Waals surface area contributed by atoms with E-state index in [1.54, 1.807) is 4.52 Å². The molecule has 0 fully saturated rings. The highest BCUT2D eigenvalue weighted by molar-refractivity contribution is 6.30. The van der Waals surface area contributed by atoms with Gasteiger partial charge in [-0.25, -0.2) is 4.98 Å². The van der Waals surface area contributed by atoms with Crippen molar-refractivity contribution in [1.29, 1.82) is 0 Å². The second kappa shape index (κ2) is 5.25. The highest BCUT2D eigenvalue weighted by Gasteiger charge is 2.20. The van der Waals surface area contributed by atoms with Gasteiger partial charge in [-0.15, -0.1) is 0 Å². The van der Waals surface area contributed by atoms with Gasteiger partial charge >= 0.3 is 0 Å². The summed E-state index contributed by atoms with van der Waals surface area (Å²) in [6.45, 7) is 1.97.